The van der Waals surface area contributed by atoms with Crippen LogP contribution < -0.4 is 5.32 Å². The van der Waals surface area contributed by atoms with Crippen LogP contribution >= 0.6 is 0 Å². The molecule has 3 aromatic heterocycles. The molecule has 0 aliphatic carbocycles. The van der Waals surface area contributed by atoms with Crippen molar-refractivity contribution in [3.8, 4) is 0 Å². The van der Waals surface area contributed by atoms with E-state index in [9.17, 15) is 0 Å². The summed E-state index contributed by atoms with van der Waals surface area (Å²) in [6.45, 7) is 2.83. The van der Waals surface area contributed by atoms with Gasteiger partial charge in [0, 0.05) is 26.0 Å². The number of fused-ring (bicyclic) bond motifs is 1. The first kappa shape index (κ1) is 11.7. The zero-order valence-electron chi connectivity index (χ0n) is 11.0. The molecule has 0 fully saturated rings. The van der Waals surface area contributed by atoms with Crippen LogP contribution in [-0.2, 0) is 13.5 Å². The number of rotatable bonds is 4. The normalized spacial score (nSPS) is 11.1. The number of aromatic nitrogens is 5. The second kappa shape index (κ2) is 4.72. The first-order chi connectivity index (χ1) is 9.20. The Bertz CT molecular complexity index is 696. The van der Waals surface area contributed by atoms with Crippen LogP contribution in [0.3, 0.4) is 0 Å². The number of aryl methyl sites for hydroxylation is 2. The third-order valence-electron chi connectivity index (χ3n) is 2.93. The molecule has 3 aromatic rings. The van der Waals surface area contributed by atoms with Gasteiger partial charge in [0.25, 0.3) is 0 Å². The van der Waals surface area contributed by atoms with Gasteiger partial charge in [-0.2, -0.15) is 10.1 Å². The zero-order valence-corrected chi connectivity index (χ0v) is 11.0. The van der Waals surface area contributed by atoms with Gasteiger partial charge < -0.3 is 5.32 Å². The van der Waals surface area contributed by atoms with Gasteiger partial charge in [-0.3, -0.25) is 4.68 Å². The van der Waals surface area contributed by atoms with Gasteiger partial charge in [0.05, 0.1) is 6.20 Å². The highest BCUT2D eigenvalue weighted by Gasteiger charge is 2.03. The number of nitrogens with one attached hydrogen (secondary N) is 1. The largest absolute Gasteiger partial charge is 0.353 e. The summed E-state index contributed by atoms with van der Waals surface area (Å²) in [6, 6.07) is 4.00. The van der Waals surface area contributed by atoms with Crippen molar-refractivity contribution in [2.24, 2.45) is 7.05 Å². The van der Waals surface area contributed by atoms with Crippen molar-refractivity contribution in [2.75, 3.05) is 11.9 Å². The van der Waals surface area contributed by atoms with Crippen LogP contribution in [-0.4, -0.2) is 30.9 Å². The lowest BCUT2D eigenvalue weighted by Crippen LogP contribution is -2.05. The second-order valence-electron chi connectivity index (χ2n) is 4.64. The van der Waals surface area contributed by atoms with Gasteiger partial charge in [0.1, 0.15) is 0 Å². The molecule has 3 heterocycles. The third kappa shape index (κ3) is 2.57. The summed E-state index contributed by atoms with van der Waals surface area (Å²) < 4.78 is 3.60. The van der Waals surface area contributed by atoms with Crippen molar-refractivity contribution < 1.29 is 0 Å². The Morgan fingerprint density at radius 3 is 2.95 bits per heavy atom. The lowest BCUT2D eigenvalue weighted by molar-refractivity contribution is 0.766. The van der Waals surface area contributed by atoms with Crippen LogP contribution in [0.1, 0.15) is 11.1 Å². The zero-order chi connectivity index (χ0) is 13.2. The quantitative estimate of drug-likeness (QED) is 0.767. The summed E-state index contributed by atoms with van der Waals surface area (Å²) in [4.78, 5) is 4.41. The predicted molar refractivity (Wildman–Crippen MR) is 73.1 cm³/mol. The Balaban J connectivity index is 1.65. The Kier molecular flexibility index (Phi) is 2.91. The van der Waals surface area contributed by atoms with Crippen LogP contribution in [0.2, 0.25) is 0 Å². The molecule has 0 saturated carbocycles. The second-order valence-corrected chi connectivity index (χ2v) is 4.64. The van der Waals surface area contributed by atoms with E-state index in [2.05, 4.69) is 20.5 Å². The Morgan fingerprint density at radius 2 is 2.16 bits per heavy atom. The summed E-state index contributed by atoms with van der Waals surface area (Å²) in [6.07, 6.45) is 6.77. The van der Waals surface area contributed by atoms with E-state index >= 15 is 0 Å². The fourth-order valence-corrected chi connectivity index (χ4v) is 1.98. The van der Waals surface area contributed by atoms with Crippen LogP contribution in [0.4, 0.5) is 5.95 Å². The minimum absolute atomic E-state index is 0.662. The highest BCUT2D eigenvalue weighted by molar-refractivity contribution is 5.44. The number of hydrogen-bond acceptors (Lipinski definition) is 4. The Labute approximate surface area is 111 Å². The van der Waals surface area contributed by atoms with Gasteiger partial charge in [-0.05, 0) is 30.5 Å². The summed E-state index contributed by atoms with van der Waals surface area (Å²) in [5, 5.41) is 11.8. The standard InChI is InChI=1S/C13H16N6/c1-10-3-4-12-16-13(17-19(12)8-10)14-6-5-11-7-15-18(2)9-11/h3-4,7-9H,5-6H2,1-2H3,(H,14,17). The van der Waals surface area contributed by atoms with E-state index in [0.29, 0.717) is 5.95 Å². The maximum absolute atomic E-state index is 4.41. The van der Waals surface area contributed by atoms with Gasteiger partial charge in [0.2, 0.25) is 5.95 Å². The molecule has 0 bridgehead atoms. The van der Waals surface area contributed by atoms with E-state index in [0.717, 1.165) is 18.6 Å². The number of nitrogens with zero attached hydrogens (tertiary/aromatic N) is 5. The van der Waals surface area contributed by atoms with E-state index in [-0.39, 0.29) is 0 Å². The van der Waals surface area contributed by atoms with Crippen molar-refractivity contribution in [3.05, 3.63) is 41.9 Å². The van der Waals surface area contributed by atoms with Crippen LogP contribution in [0.25, 0.3) is 5.65 Å². The van der Waals surface area contributed by atoms with Crippen LogP contribution in [0, 0.1) is 6.92 Å². The van der Waals surface area contributed by atoms with E-state index in [4.69, 9.17) is 0 Å². The van der Waals surface area contributed by atoms with E-state index < -0.39 is 0 Å². The number of pyridine rings is 1. The molecule has 0 unspecified atom stereocenters. The smallest absolute Gasteiger partial charge is 0.243 e. The fourth-order valence-electron chi connectivity index (χ4n) is 1.98. The average Bonchev–Trinajstić information content (AvgIpc) is 2.95. The lowest BCUT2D eigenvalue weighted by Gasteiger charge is -1.98. The summed E-state index contributed by atoms with van der Waals surface area (Å²) in [5.41, 5.74) is 3.23. The summed E-state index contributed by atoms with van der Waals surface area (Å²) >= 11 is 0. The highest BCUT2D eigenvalue weighted by atomic mass is 15.3. The first-order valence-corrected chi connectivity index (χ1v) is 6.25. The molecule has 0 amide bonds. The lowest BCUT2D eigenvalue weighted by atomic mass is 10.2. The average molecular weight is 256 g/mol. The molecule has 0 radical (unpaired) electrons. The molecule has 6 heteroatoms. The molecule has 0 atom stereocenters. The molecule has 19 heavy (non-hydrogen) atoms. The van der Waals surface area contributed by atoms with Gasteiger partial charge in [0.15, 0.2) is 5.65 Å². The van der Waals surface area contributed by atoms with E-state index in [1.54, 1.807) is 9.20 Å². The van der Waals surface area contributed by atoms with Crippen LogP contribution in [0.15, 0.2) is 30.7 Å². The van der Waals surface area contributed by atoms with Crippen molar-refractivity contribution in [1.29, 1.82) is 0 Å². The molecule has 3 rings (SSSR count). The maximum atomic E-state index is 4.41. The highest BCUT2D eigenvalue weighted by Crippen LogP contribution is 2.07. The molecule has 0 aliphatic heterocycles. The van der Waals surface area contributed by atoms with Gasteiger partial charge >= 0.3 is 0 Å². The predicted octanol–water partition coefficient (Wildman–Crippen LogP) is 1.43. The number of hydrogen-bond donors (Lipinski definition) is 1. The SMILES string of the molecule is Cc1ccc2nc(NCCc3cnn(C)c3)nn2c1. The molecular weight excluding hydrogens is 240 g/mol. The minimum Gasteiger partial charge on any atom is -0.353 e. The Morgan fingerprint density at radius 1 is 1.26 bits per heavy atom. The van der Waals surface area contributed by atoms with Crippen LogP contribution in [0.5, 0.6) is 0 Å². The molecule has 0 aromatic carbocycles. The number of anilines is 1. The van der Waals surface area contributed by atoms with Gasteiger partial charge in [-0.15, -0.1) is 5.10 Å². The van der Waals surface area contributed by atoms with Crippen molar-refractivity contribution in [3.63, 3.8) is 0 Å². The molecule has 98 valence electrons. The summed E-state index contributed by atoms with van der Waals surface area (Å²) in [5.74, 6) is 0.662. The monoisotopic (exact) mass is 256 g/mol. The molecule has 0 spiro atoms. The summed E-state index contributed by atoms with van der Waals surface area (Å²) in [7, 11) is 1.92. The van der Waals surface area contributed by atoms with Crippen molar-refractivity contribution in [1.82, 2.24) is 24.4 Å². The molecular formula is C13H16N6. The van der Waals surface area contributed by atoms with Gasteiger partial charge in [-0.25, -0.2) is 4.52 Å². The van der Waals surface area contributed by atoms with Crippen molar-refractivity contribution in [2.45, 2.75) is 13.3 Å². The first-order valence-electron chi connectivity index (χ1n) is 6.25. The minimum atomic E-state index is 0.662. The van der Waals surface area contributed by atoms with E-state index in [1.165, 1.54) is 11.1 Å². The Hall–Kier alpha value is -2.37. The van der Waals surface area contributed by atoms with Crippen molar-refractivity contribution >= 4 is 11.6 Å². The molecule has 6 nitrogen and oxygen atoms in total. The molecule has 0 saturated heterocycles. The molecule has 1 N–H and O–H groups in total. The maximum Gasteiger partial charge on any atom is 0.243 e. The molecule has 0 aliphatic rings. The topological polar surface area (TPSA) is 60.0 Å². The third-order valence-corrected chi connectivity index (χ3v) is 2.93. The van der Waals surface area contributed by atoms with Gasteiger partial charge in [-0.1, -0.05) is 6.07 Å². The fraction of sp³-hybridized carbons (Fsp3) is 0.308. The van der Waals surface area contributed by atoms with E-state index in [1.807, 2.05) is 44.7 Å².